The van der Waals surface area contributed by atoms with Gasteiger partial charge in [0.1, 0.15) is 17.4 Å². The Hall–Kier alpha value is -3.04. The van der Waals surface area contributed by atoms with Gasteiger partial charge in [-0.1, -0.05) is 23.7 Å². The largest absolute Gasteiger partial charge is 0.484 e. The lowest BCUT2D eigenvalue weighted by Crippen LogP contribution is -2.60. The van der Waals surface area contributed by atoms with E-state index in [0.29, 0.717) is 42.7 Å². The number of tetrazole rings is 1. The first-order chi connectivity index (χ1) is 15.5. The van der Waals surface area contributed by atoms with Crippen LogP contribution >= 0.6 is 11.6 Å². The molecular formula is C22H24ClFN6O2. The number of nitrogens with zero attached hydrogens (tertiary/aromatic N) is 5. The van der Waals surface area contributed by atoms with E-state index in [-0.39, 0.29) is 30.4 Å². The first-order valence-corrected chi connectivity index (χ1v) is 10.7. The molecule has 1 aliphatic rings. The Kier molecular flexibility index (Phi) is 6.96. The Labute approximate surface area is 190 Å². The van der Waals surface area contributed by atoms with Crippen LogP contribution in [0.2, 0.25) is 5.02 Å². The van der Waals surface area contributed by atoms with Crippen molar-refractivity contribution in [2.24, 2.45) is 0 Å². The van der Waals surface area contributed by atoms with E-state index in [4.69, 9.17) is 16.3 Å². The van der Waals surface area contributed by atoms with Gasteiger partial charge in [-0.05, 0) is 59.3 Å². The van der Waals surface area contributed by atoms with Crippen molar-refractivity contribution >= 4 is 17.5 Å². The smallest absolute Gasteiger partial charge is 0.260 e. The van der Waals surface area contributed by atoms with Crippen LogP contribution in [0.15, 0.2) is 48.5 Å². The fourth-order valence-corrected chi connectivity index (χ4v) is 4.04. The number of benzene rings is 2. The average Bonchev–Trinajstić information content (AvgIpc) is 3.29. The Morgan fingerprint density at radius 1 is 1.19 bits per heavy atom. The fourth-order valence-electron chi connectivity index (χ4n) is 3.92. The zero-order valence-corrected chi connectivity index (χ0v) is 18.4. The number of piperazine rings is 1. The molecular weight excluding hydrogens is 435 g/mol. The molecule has 0 aliphatic carbocycles. The molecule has 0 saturated carbocycles. The number of carbonyl (C=O) groups excluding carboxylic acids is 1. The van der Waals surface area contributed by atoms with E-state index in [2.05, 4.69) is 25.5 Å². The highest BCUT2D eigenvalue weighted by Crippen LogP contribution is 2.22. The Balaban J connectivity index is 1.44. The normalized spacial score (nSPS) is 19.2. The lowest BCUT2D eigenvalue weighted by Gasteiger charge is -2.45. The summed E-state index contributed by atoms with van der Waals surface area (Å²) in [5.41, 5.74) is 1.00. The summed E-state index contributed by atoms with van der Waals surface area (Å²) in [4.78, 5) is 17.1. The first kappa shape index (κ1) is 22.2. The molecule has 10 heteroatoms. The first-order valence-electron chi connectivity index (χ1n) is 10.4. The molecule has 2 aromatic carbocycles. The molecule has 0 spiro atoms. The van der Waals surface area contributed by atoms with Crippen LogP contribution in [-0.4, -0.2) is 68.1 Å². The van der Waals surface area contributed by atoms with E-state index in [1.54, 1.807) is 36.4 Å². The van der Waals surface area contributed by atoms with Crippen molar-refractivity contribution in [1.82, 2.24) is 30.4 Å². The zero-order chi connectivity index (χ0) is 22.5. The summed E-state index contributed by atoms with van der Waals surface area (Å²) >= 11 is 5.90. The number of ether oxygens (including phenoxy) is 1. The summed E-state index contributed by atoms with van der Waals surface area (Å²) in [5.74, 6) is 0.894. The summed E-state index contributed by atoms with van der Waals surface area (Å²) in [5, 5.41) is 14.7. The van der Waals surface area contributed by atoms with Crippen molar-refractivity contribution in [2.75, 3.05) is 19.7 Å². The molecule has 8 nitrogen and oxygen atoms in total. The summed E-state index contributed by atoms with van der Waals surface area (Å²) in [6, 6.07) is 13.4. The molecule has 0 bridgehead atoms. The summed E-state index contributed by atoms with van der Waals surface area (Å²) < 4.78 is 19.0. The molecule has 1 N–H and O–H groups in total. The van der Waals surface area contributed by atoms with Gasteiger partial charge >= 0.3 is 0 Å². The van der Waals surface area contributed by atoms with E-state index >= 15 is 0 Å². The second kappa shape index (κ2) is 10.1. The van der Waals surface area contributed by atoms with Gasteiger partial charge < -0.3 is 9.64 Å². The van der Waals surface area contributed by atoms with Crippen molar-refractivity contribution in [3.63, 3.8) is 0 Å². The van der Waals surface area contributed by atoms with E-state index in [9.17, 15) is 9.18 Å². The molecule has 1 aromatic heterocycles. The molecule has 3 aromatic rings. The summed E-state index contributed by atoms with van der Waals surface area (Å²) in [6.45, 7) is 3.77. The number of aromatic nitrogens is 4. The molecule has 32 heavy (non-hydrogen) atoms. The summed E-state index contributed by atoms with van der Waals surface area (Å²) in [7, 11) is 0. The monoisotopic (exact) mass is 458 g/mol. The van der Waals surface area contributed by atoms with E-state index in [1.165, 1.54) is 12.1 Å². The third-order valence-electron chi connectivity index (χ3n) is 5.57. The third kappa shape index (κ3) is 5.60. The molecule has 2 heterocycles. The maximum atomic E-state index is 13.3. The van der Waals surface area contributed by atoms with Gasteiger partial charge in [-0.2, -0.15) is 0 Å². The zero-order valence-electron chi connectivity index (χ0n) is 17.6. The Morgan fingerprint density at radius 2 is 1.94 bits per heavy atom. The van der Waals surface area contributed by atoms with Crippen LogP contribution in [0, 0.1) is 5.82 Å². The minimum atomic E-state index is -0.262. The topological polar surface area (TPSA) is 87.2 Å². The van der Waals surface area contributed by atoms with Crippen LogP contribution in [0.5, 0.6) is 5.75 Å². The number of aromatic amines is 1. The maximum absolute atomic E-state index is 13.3. The number of hydrogen-bond acceptors (Lipinski definition) is 6. The van der Waals surface area contributed by atoms with Crippen molar-refractivity contribution in [2.45, 2.75) is 32.0 Å². The lowest BCUT2D eigenvalue weighted by atomic mass is 10.0. The SMILES string of the molecule is CC1CN(Cc2ccc(F)cc2)C(Cc2nnn[nH]2)CN1C(=O)COc1ccc(Cl)cc1. The molecule has 2 atom stereocenters. The second-order valence-corrected chi connectivity index (χ2v) is 8.34. The van der Waals surface area contributed by atoms with Gasteiger partial charge in [0.2, 0.25) is 0 Å². The fraction of sp³-hybridized carbons (Fsp3) is 0.364. The van der Waals surface area contributed by atoms with Gasteiger partial charge in [0.15, 0.2) is 6.61 Å². The molecule has 4 rings (SSSR count). The van der Waals surface area contributed by atoms with Gasteiger partial charge in [0, 0.05) is 43.2 Å². The number of hydrogen-bond donors (Lipinski definition) is 1. The molecule has 1 amide bonds. The minimum Gasteiger partial charge on any atom is -0.484 e. The average molecular weight is 459 g/mol. The van der Waals surface area contributed by atoms with E-state index in [1.807, 2.05) is 11.8 Å². The predicted molar refractivity (Wildman–Crippen MR) is 117 cm³/mol. The van der Waals surface area contributed by atoms with Crippen LogP contribution in [0.1, 0.15) is 18.3 Å². The number of rotatable bonds is 7. The van der Waals surface area contributed by atoms with Crippen LogP contribution in [0.4, 0.5) is 4.39 Å². The van der Waals surface area contributed by atoms with Crippen molar-refractivity contribution in [3.05, 3.63) is 70.8 Å². The van der Waals surface area contributed by atoms with Crippen LogP contribution in [0.25, 0.3) is 0 Å². The van der Waals surface area contributed by atoms with E-state index < -0.39 is 0 Å². The molecule has 1 saturated heterocycles. The number of amides is 1. The maximum Gasteiger partial charge on any atom is 0.260 e. The van der Waals surface area contributed by atoms with E-state index in [0.717, 1.165) is 5.56 Å². The Morgan fingerprint density at radius 3 is 2.62 bits per heavy atom. The van der Waals surface area contributed by atoms with Crippen LogP contribution in [0.3, 0.4) is 0 Å². The molecule has 1 aliphatic heterocycles. The summed E-state index contributed by atoms with van der Waals surface area (Å²) in [6.07, 6.45) is 0.558. The van der Waals surface area contributed by atoms with Gasteiger partial charge in [0.25, 0.3) is 5.91 Å². The van der Waals surface area contributed by atoms with Gasteiger partial charge in [-0.3, -0.25) is 9.69 Å². The van der Waals surface area contributed by atoms with Crippen molar-refractivity contribution < 1.29 is 13.9 Å². The van der Waals surface area contributed by atoms with Crippen LogP contribution < -0.4 is 4.74 Å². The second-order valence-electron chi connectivity index (χ2n) is 7.90. The number of H-pyrrole nitrogens is 1. The number of halogens is 2. The molecule has 168 valence electrons. The molecule has 0 radical (unpaired) electrons. The predicted octanol–water partition coefficient (Wildman–Crippen LogP) is 2.72. The van der Waals surface area contributed by atoms with Gasteiger partial charge in [-0.15, -0.1) is 5.10 Å². The van der Waals surface area contributed by atoms with Gasteiger partial charge in [-0.25, -0.2) is 9.49 Å². The Bertz CT molecular complexity index is 1020. The number of nitrogens with one attached hydrogen (secondary N) is 1. The lowest BCUT2D eigenvalue weighted by molar-refractivity contribution is -0.139. The quantitative estimate of drug-likeness (QED) is 0.585. The van der Waals surface area contributed by atoms with Crippen LogP contribution in [-0.2, 0) is 17.8 Å². The highest BCUT2D eigenvalue weighted by atomic mass is 35.5. The minimum absolute atomic E-state index is 0.00881. The third-order valence-corrected chi connectivity index (χ3v) is 5.82. The highest BCUT2D eigenvalue weighted by Gasteiger charge is 2.35. The van der Waals surface area contributed by atoms with Crippen molar-refractivity contribution in [3.8, 4) is 5.75 Å². The highest BCUT2D eigenvalue weighted by molar-refractivity contribution is 6.30. The number of carbonyl (C=O) groups is 1. The molecule has 2 unspecified atom stereocenters. The van der Waals surface area contributed by atoms with Crippen molar-refractivity contribution in [1.29, 1.82) is 0 Å². The molecule has 1 fully saturated rings. The standard InChI is InChI=1S/C22H24ClFN6O2/c1-15-11-29(12-16-2-6-18(24)7-3-16)19(10-21-25-27-28-26-21)13-30(15)22(31)14-32-20-8-4-17(23)5-9-20/h2-9,15,19H,10-14H2,1H3,(H,25,26,27,28). The van der Waals surface area contributed by atoms with Gasteiger partial charge in [0.05, 0.1) is 0 Å².